The Labute approximate surface area is 171 Å². The number of carbonyl (C=O) groups is 1. The third kappa shape index (κ3) is 6.04. The van der Waals surface area contributed by atoms with E-state index in [1.54, 1.807) is 10.7 Å². The number of ether oxygens (including phenoxy) is 1. The van der Waals surface area contributed by atoms with Crippen LogP contribution in [0.4, 0.5) is 5.82 Å². The van der Waals surface area contributed by atoms with Gasteiger partial charge >= 0.3 is 0 Å². The Bertz CT molecular complexity index is 971. The second-order valence-corrected chi connectivity index (χ2v) is 9.85. The average Bonchev–Trinajstić information content (AvgIpc) is 3.16. The Kier molecular flexibility index (Phi) is 6.59. The highest BCUT2D eigenvalue weighted by Gasteiger charge is 2.31. The van der Waals surface area contributed by atoms with E-state index in [1.165, 1.54) is 0 Å². The zero-order valence-corrected chi connectivity index (χ0v) is 17.9. The molecule has 29 heavy (non-hydrogen) atoms. The molecule has 1 aromatic carbocycles. The molecule has 2 heterocycles. The molecule has 1 saturated heterocycles. The molecule has 1 aromatic heterocycles. The van der Waals surface area contributed by atoms with Crippen molar-refractivity contribution in [3.63, 3.8) is 0 Å². The molecule has 1 aliphatic heterocycles. The quantitative estimate of drug-likeness (QED) is 0.700. The van der Waals surface area contributed by atoms with Crippen molar-refractivity contribution in [1.29, 1.82) is 0 Å². The first-order valence-electron chi connectivity index (χ1n) is 9.66. The summed E-state index contributed by atoms with van der Waals surface area (Å²) in [5, 5.41) is 7.25. The van der Waals surface area contributed by atoms with E-state index in [0.29, 0.717) is 25.4 Å². The van der Waals surface area contributed by atoms with E-state index < -0.39 is 9.84 Å². The highest BCUT2D eigenvalue weighted by Crippen LogP contribution is 2.27. The fourth-order valence-corrected chi connectivity index (χ4v) is 5.08. The zero-order valence-electron chi connectivity index (χ0n) is 17.1. The standard InChI is InChI=1S/C20H28N4O4S/c1-15-5-4-6-18(11-15)28-9-8-23(3)13-20(25)21-19-12-16(2)22-24(19)17-7-10-29(26,27)14-17/h4-6,11-12,17H,7-10,13-14H2,1-3H3,(H,21,25). The van der Waals surface area contributed by atoms with Crippen molar-refractivity contribution in [2.45, 2.75) is 26.3 Å². The third-order valence-corrected chi connectivity index (χ3v) is 6.57. The van der Waals surface area contributed by atoms with Crippen LogP contribution < -0.4 is 10.1 Å². The fraction of sp³-hybridized carbons (Fsp3) is 0.500. The van der Waals surface area contributed by atoms with E-state index in [-0.39, 0.29) is 30.0 Å². The van der Waals surface area contributed by atoms with Crippen molar-refractivity contribution in [3.8, 4) is 5.75 Å². The first kappa shape index (κ1) is 21.3. The lowest BCUT2D eigenvalue weighted by molar-refractivity contribution is -0.117. The van der Waals surface area contributed by atoms with Gasteiger partial charge in [0.25, 0.3) is 0 Å². The van der Waals surface area contributed by atoms with Crippen LogP contribution in [0.15, 0.2) is 30.3 Å². The number of benzene rings is 1. The lowest BCUT2D eigenvalue weighted by Crippen LogP contribution is -2.33. The van der Waals surface area contributed by atoms with Crippen LogP contribution in [0, 0.1) is 13.8 Å². The monoisotopic (exact) mass is 420 g/mol. The number of hydrogen-bond donors (Lipinski definition) is 1. The Hall–Kier alpha value is -2.39. The molecule has 3 rings (SSSR count). The largest absolute Gasteiger partial charge is 0.492 e. The van der Waals surface area contributed by atoms with Gasteiger partial charge in [0, 0.05) is 12.6 Å². The van der Waals surface area contributed by atoms with Gasteiger partial charge in [0.05, 0.1) is 29.8 Å². The molecule has 1 amide bonds. The molecule has 1 N–H and O–H groups in total. The van der Waals surface area contributed by atoms with Crippen molar-refractivity contribution < 1.29 is 17.9 Å². The average molecular weight is 421 g/mol. The van der Waals surface area contributed by atoms with Crippen molar-refractivity contribution >= 4 is 21.6 Å². The molecule has 1 unspecified atom stereocenters. The van der Waals surface area contributed by atoms with Crippen LogP contribution in [0.1, 0.15) is 23.7 Å². The van der Waals surface area contributed by atoms with Crippen LogP contribution in [0.5, 0.6) is 5.75 Å². The number of likely N-dealkylation sites (N-methyl/N-ethyl adjacent to an activating group) is 1. The SMILES string of the molecule is Cc1cccc(OCCN(C)CC(=O)Nc2cc(C)nn2C2CCS(=O)(=O)C2)c1. The number of carbonyl (C=O) groups excluding carboxylic acids is 1. The number of aryl methyl sites for hydroxylation is 2. The van der Waals surface area contributed by atoms with Gasteiger partial charge in [-0.25, -0.2) is 13.1 Å². The number of hydrogen-bond acceptors (Lipinski definition) is 6. The van der Waals surface area contributed by atoms with Crippen LogP contribution in [0.25, 0.3) is 0 Å². The number of aromatic nitrogens is 2. The van der Waals surface area contributed by atoms with Gasteiger partial charge in [-0.3, -0.25) is 9.69 Å². The summed E-state index contributed by atoms with van der Waals surface area (Å²) in [7, 11) is -1.18. The highest BCUT2D eigenvalue weighted by atomic mass is 32.2. The maximum atomic E-state index is 12.5. The minimum absolute atomic E-state index is 0.0627. The van der Waals surface area contributed by atoms with Crippen molar-refractivity contribution in [1.82, 2.24) is 14.7 Å². The maximum Gasteiger partial charge on any atom is 0.239 e. The Morgan fingerprint density at radius 2 is 2.14 bits per heavy atom. The Morgan fingerprint density at radius 3 is 2.83 bits per heavy atom. The van der Waals surface area contributed by atoms with Gasteiger partial charge in [0.1, 0.15) is 18.2 Å². The molecule has 8 nitrogen and oxygen atoms in total. The summed E-state index contributed by atoms with van der Waals surface area (Å²) >= 11 is 0. The van der Waals surface area contributed by atoms with Crippen LogP contribution in [0.3, 0.4) is 0 Å². The predicted octanol–water partition coefficient (Wildman–Crippen LogP) is 1.81. The smallest absolute Gasteiger partial charge is 0.239 e. The molecule has 0 spiro atoms. The summed E-state index contributed by atoms with van der Waals surface area (Å²) < 4.78 is 30.9. The van der Waals surface area contributed by atoms with Crippen LogP contribution in [-0.2, 0) is 14.6 Å². The molecule has 158 valence electrons. The Balaban J connectivity index is 1.50. The first-order chi connectivity index (χ1) is 13.7. The molecule has 2 aromatic rings. The minimum atomic E-state index is -3.03. The third-order valence-electron chi connectivity index (χ3n) is 4.82. The van der Waals surface area contributed by atoms with Crippen molar-refractivity contribution in [3.05, 3.63) is 41.6 Å². The van der Waals surface area contributed by atoms with E-state index in [1.807, 2.05) is 50.1 Å². The van der Waals surface area contributed by atoms with Gasteiger partial charge < -0.3 is 10.1 Å². The Morgan fingerprint density at radius 1 is 1.34 bits per heavy atom. The summed E-state index contributed by atoms with van der Waals surface area (Å²) in [6.07, 6.45) is 0.516. The van der Waals surface area contributed by atoms with Crippen LogP contribution in [-0.4, -0.2) is 67.3 Å². The molecule has 9 heteroatoms. The summed E-state index contributed by atoms with van der Waals surface area (Å²) in [5.41, 5.74) is 1.88. The van der Waals surface area contributed by atoms with Gasteiger partial charge in [-0.1, -0.05) is 12.1 Å². The molecule has 1 aliphatic rings. The number of nitrogens with one attached hydrogen (secondary N) is 1. The zero-order chi connectivity index (χ0) is 21.0. The van der Waals surface area contributed by atoms with Crippen LogP contribution in [0.2, 0.25) is 0 Å². The van der Waals surface area contributed by atoms with E-state index in [2.05, 4.69) is 10.4 Å². The van der Waals surface area contributed by atoms with Crippen LogP contribution >= 0.6 is 0 Å². The molecule has 0 aliphatic carbocycles. The first-order valence-corrected chi connectivity index (χ1v) is 11.5. The van der Waals surface area contributed by atoms with E-state index in [0.717, 1.165) is 17.0 Å². The molecule has 1 fully saturated rings. The lowest BCUT2D eigenvalue weighted by Gasteiger charge is -2.18. The summed E-state index contributed by atoms with van der Waals surface area (Å²) in [5.74, 6) is 1.40. The van der Waals surface area contributed by atoms with Gasteiger partial charge in [0.15, 0.2) is 9.84 Å². The van der Waals surface area contributed by atoms with Gasteiger partial charge in [-0.05, 0) is 45.0 Å². The molecular weight excluding hydrogens is 392 g/mol. The molecular formula is C20H28N4O4S. The minimum Gasteiger partial charge on any atom is -0.492 e. The maximum absolute atomic E-state index is 12.5. The van der Waals surface area contributed by atoms with Gasteiger partial charge in [-0.15, -0.1) is 0 Å². The normalized spacial score (nSPS) is 18.1. The lowest BCUT2D eigenvalue weighted by atomic mass is 10.2. The summed E-state index contributed by atoms with van der Waals surface area (Å²) in [6.45, 7) is 5.11. The summed E-state index contributed by atoms with van der Waals surface area (Å²) in [4.78, 5) is 14.3. The number of amides is 1. The summed E-state index contributed by atoms with van der Waals surface area (Å²) in [6, 6.07) is 9.37. The van der Waals surface area contributed by atoms with E-state index in [9.17, 15) is 13.2 Å². The fourth-order valence-electron chi connectivity index (χ4n) is 3.39. The molecule has 0 radical (unpaired) electrons. The predicted molar refractivity (Wildman–Crippen MR) is 112 cm³/mol. The second-order valence-electron chi connectivity index (χ2n) is 7.62. The molecule has 0 saturated carbocycles. The number of nitrogens with zero attached hydrogens (tertiary/aromatic N) is 3. The number of sulfone groups is 1. The second kappa shape index (κ2) is 8.96. The van der Waals surface area contributed by atoms with Gasteiger partial charge in [0.2, 0.25) is 5.91 Å². The molecule has 1 atom stereocenters. The molecule has 0 bridgehead atoms. The topological polar surface area (TPSA) is 93.5 Å². The number of rotatable bonds is 8. The number of anilines is 1. The van der Waals surface area contributed by atoms with E-state index in [4.69, 9.17) is 4.74 Å². The van der Waals surface area contributed by atoms with Crippen molar-refractivity contribution in [2.24, 2.45) is 0 Å². The highest BCUT2D eigenvalue weighted by molar-refractivity contribution is 7.91. The van der Waals surface area contributed by atoms with E-state index >= 15 is 0 Å². The van der Waals surface area contributed by atoms with Crippen molar-refractivity contribution in [2.75, 3.05) is 43.6 Å². The van der Waals surface area contributed by atoms with Gasteiger partial charge in [-0.2, -0.15) is 5.10 Å².